The smallest absolute Gasteiger partial charge is 0.457 e. The van der Waals surface area contributed by atoms with Crippen molar-refractivity contribution in [3.63, 3.8) is 0 Å². The highest BCUT2D eigenvalue weighted by Crippen LogP contribution is 2.43. The second kappa shape index (κ2) is 45.4. The Morgan fingerprint density at radius 3 is 1.15 bits per heavy atom. The van der Waals surface area contributed by atoms with Crippen molar-refractivity contribution in [2.24, 2.45) is 0 Å². The molecule has 0 bridgehead atoms. The van der Waals surface area contributed by atoms with Gasteiger partial charge in [0.05, 0.1) is 26.4 Å². The zero-order valence-corrected chi connectivity index (χ0v) is 39.3. The van der Waals surface area contributed by atoms with Crippen LogP contribution in [0, 0.1) is 0 Å². The van der Waals surface area contributed by atoms with Crippen LogP contribution < -0.4 is 0 Å². The van der Waals surface area contributed by atoms with Crippen LogP contribution in [0.2, 0.25) is 0 Å². The van der Waals surface area contributed by atoms with Crippen LogP contribution >= 0.6 is 7.82 Å². The van der Waals surface area contributed by atoms with Crippen LogP contribution in [0.3, 0.4) is 0 Å². The highest BCUT2D eigenvalue weighted by atomic mass is 31.2. The third-order valence-electron chi connectivity index (χ3n) is 9.90. The van der Waals surface area contributed by atoms with Crippen molar-refractivity contribution in [2.75, 3.05) is 26.4 Å². The van der Waals surface area contributed by atoms with Crippen molar-refractivity contribution in [2.45, 2.75) is 206 Å². The fourth-order valence-electron chi connectivity index (χ4n) is 6.25. The molecule has 0 aromatic rings. The molecule has 10 nitrogen and oxygen atoms in total. The number of ether oxygens (including phenoxy) is 2. The van der Waals surface area contributed by atoms with Gasteiger partial charge >= 0.3 is 19.8 Å². The third kappa shape index (κ3) is 43.8. The standard InChI is InChI=1S/C50H87O10P/c1-3-5-7-9-11-13-15-17-19-20-21-22-23-24-25-26-28-30-32-34-36-38-40-42-50(54)60-48(44-52)46-58-61(55,56)57-45-47(43-51)59-49(53)41-39-37-35-33-31-29-27-18-16-14-12-10-8-6-4-2/h6,8,12,14-15,17-18,20-21,27,31,33,47-48,51-52H,3-5,7,9-11,13,16,19,22-26,28-30,32,34-46H2,1-2H3,(H,55,56)/b8-6-,14-12-,17-15-,21-20-,27-18-,33-31-. The van der Waals surface area contributed by atoms with Crippen LogP contribution in [0.15, 0.2) is 72.9 Å². The average Bonchev–Trinajstić information content (AvgIpc) is 3.25. The zero-order valence-electron chi connectivity index (χ0n) is 38.4. The van der Waals surface area contributed by atoms with Gasteiger partial charge in [-0.25, -0.2) is 4.57 Å². The number of hydrogen-bond acceptors (Lipinski definition) is 9. The molecule has 3 N–H and O–H groups in total. The van der Waals surface area contributed by atoms with Crippen molar-refractivity contribution in [3.8, 4) is 0 Å². The van der Waals surface area contributed by atoms with E-state index in [4.69, 9.17) is 18.5 Å². The van der Waals surface area contributed by atoms with Gasteiger partial charge in [-0.15, -0.1) is 0 Å². The van der Waals surface area contributed by atoms with Gasteiger partial charge in [-0.1, -0.05) is 170 Å². The van der Waals surface area contributed by atoms with Crippen molar-refractivity contribution in [3.05, 3.63) is 72.9 Å². The fourth-order valence-corrected chi connectivity index (χ4v) is 7.04. The largest absolute Gasteiger partial charge is 0.472 e. The first-order valence-corrected chi connectivity index (χ1v) is 25.4. The van der Waals surface area contributed by atoms with Crippen molar-refractivity contribution < 1.29 is 47.8 Å². The highest BCUT2D eigenvalue weighted by molar-refractivity contribution is 7.47. The quantitative estimate of drug-likeness (QED) is 0.0234. The predicted octanol–water partition coefficient (Wildman–Crippen LogP) is 13.2. The van der Waals surface area contributed by atoms with Crippen molar-refractivity contribution in [1.29, 1.82) is 0 Å². The second-order valence-electron chi connectivity index (χ2n) is 15.7. The molecule has 0 heterocycles. The topological polar surface area (TPSA) is 149 Å². The molecule has 0 rings (SSSR count). The molecule has 0 saturated heterocycles. The molecule has 0 fully saturated rings. The Balaban J connectivity index is 3.90. The lowest BCUT2D eigenvalue weighted by atomic mass is 10.0. The van der Waals surface area contributed by atoms with Gasteiger partial charge in [0.2, 0.25) is 0 Å². The number of phosphoric acid groups is 1. The molecule has 0 aliphatic rings. The first-order valence-electron chi connectivity index (χ1n) is 23.9. The maximum absolute atomic E-state index is 12.4. The molecule has 3 unspecified atom stereocenters. The number of rotatable bonds is 44. The number of carbonyl (C=O) groups excluding carboxylic acids is 2. The minimum Gasteiger partial charge on any atom is -0.457 e. The first kappa shape index (κ1) is 58.4. The van der Waals surface area contributed by atoms with Crippen molar-refractivity contribution in [1.82, 2.24) is 0 Å². The summed E-state index contributed by atoms with van der Waals surface area (Å²) >= 11 is 0. The summed E-state index contributed by atoms with van der Waals surface area (Å²) in [4.78, 5) is 34.6. The van der Waals surface area contributed by atoms with Gasteiger partial charge in [0.25, 0.3) is 0 Å². The minimum absolute atomic E-state index is 0.137. The molecule has 0 aliphatic heterocycles. The van der Waals surface area contributed by atoms with Crippen LogP contribution in [-0.4, -0.2) is 65.7 Å². The summed E-state index contributed by atoms with van der Waals surface area (Å²) in [7, 11) is -4.65. The zero-order chi connectivity index (χ0) is 44.8. The van der Waals surface area contributed by atoms with E-state index in [0.717, 1.165) is 64.2 Å². The maximum atomic E-state index is 12.4. The molecule has 0 aliphatic carbocycles. The first-order chi connectivity index (χ1) is 29.8. The predicted molar refractivity (Wildman–Crippen MR) is 251 cm³/mol. The Labute approximate surface area is 371 Å². The van der Waals surface area contributed by atoms with E-state index in [1.165, 1.54) is 89.9 Å². The van der Waals surface area contributed by atoms with E-state index in [0.29, 0.717) is 12.8 Å². The summed E-state index contributed by atoms with van der Waals surface area (Å²) in [6, 6.07) is 0. The van der Waals surface area contributed by atoms with Crippen LogP contribution in [0.1, 0.15) is 194 Å². The molecular weight excluding hydrogens is 792 g/mol. The van der Waals surface area contributed by atoms with Crippen LogP contribution in [0.5, 0.6) is 0 Å². The van der Waals surface area contributed by atoms with Gasteiger partial charge in [-0.05, 0) is 83.5 Å². The molecule has 0 spiro atoms. The summed E-state index contributed by atoms with van der Waals surface area (Å²) < 4.78 is 32.6. The Kier molecular flexibility index (Phi) is 43.5. The summed E-state index contributed by atoms with van der Waals surface area (Å²) in [6.45, 7) is 2.04. The number of allylic oxidation sites excluding steroid dienone is 12. The number of aliphatic hydroxyl groups is 2. The van der Waals surface area contributed by atoms with Gasteiger partial charge in [-0.2, -0.15) is 0 Å². The molecule has 11 heteroatoms. The normalized spacial score (nSPS) is 14.4. The molecule has 61 heavy (non-hydrogen) atoms. The molecular formula is C50H87O10P. The molecule has 0 aromatic carbocycles. The van der Waals surface area contributed by atoms with E-state index < -0.39 is 58.4 Å². The van der Waals surface area contributed by atoms with Gasteiger partial charge in [0.15, 0.2) is 0 Å². The summed E-state index contributed by atoms with van der Waals surface area (Å²) in [6.07, 6.45) is 53.1. The monoisotopic (exact) mass is 879 g/mol. The van der Waals surface area contributed by atoms with E-state index in [1.807, 2.05) is 0 Å². The summed E-state index contributed by atoms with van der Waals surface area (Å²) in [5.74, 6) is -1.07. The van der Waals surface area contributed by atoms with Crippen molar-refractivity contribution >= 4 is 19.8 Å². The number of hydrogen-bond donors (Lipinski definition) is 3. The highest BCUT2D eigenvalue weighted by Gasteiger charge is 2.27. The van der Waals surface area contributed by atoms with Gasteiger partial charge in [-0.3, -0.25) is 18.6 Å². The third-order valence-corrected chi connectivity index (χ3v) is 10.9. The Hall–Kier alpha value is -2.59. The second-order valence-corrected chi connectivity index (χ2v) is 17.2. The van der Waals surface area contributed by atoms with E-state index in [2.05, 4.69) is 86.8 Å². The SMILES string of the molecule is CC/C=C\C/C=C\C/C=C\C/C=C\CCCCC(=O)OC(CO)COP(=O)(O)OCC(CO)OC(=O)CCCCCCCCCCCCC/C=C\C/C=C\CCCCCCC. The van der Waals surface area contributed by atoms with E-state index >= 15 is 0 Å². The lowest BCUT2D eigenvalue weighted by Crippen LogP contribution is -2.28. The van der Waals surface area contributed by atoms with E-state index in [-0.39, 0.29) is 12.8 Å². The average molecular weight is 879 g/mol. The molecule has 0 radical (unpaired) electrons. The number of unbranched alkanes of at least 4 members (excludes halogenated alkanes) is 18. The van der Waals surface area contributed by atoms with Gasteiger partial charge in [0.1, 0.15) is 12.2 Å². The van der Waals surface area contributed by atoms with Gasteiger partial charge in [0, 0.05) is 12.8 Å². The molecule has 3 atom stereocenters. The molecule has 0 amide bonds. The van der Waals surface area contributed by atoms with Gasteiger partial charge < -0.3 is 24.6 Å². The maximum Gasteiger partial charge on any atom is 0.472 e. The number of carbonyl (C=O) groups is 2. The van der Waals surface area contributed by atoms with E-state index in [1.54, 1.807) is 0 Å². The summed E-state index contributed by atoms with van der Waals surface area (Å²) in [5, 5.41) is 19.2. The van der Waals surface area contributed by atoms with E-state index in [9.17, 15) is 29.3 Å². The molecule has 0 saturated carbocycles. The lowest BCUT2D eigenvalue weighted by molar-refractivity contribution is -0.153. The molecule has 0 aromatic heterocycles. The number of phosphoric ester groups is 1. The van der Waals surface area contributed by atoms with Crippen LogP contribution in [0.25, 0.3) is 0 Å². The number of esters is 2. The Morgan fingerprint density at radius 1 is 0.459 bits per heavy atom. The lowest BCUT2D eigenvalue weighted by Gasteiger charge is -2.20. The number of aliphatic hydroxyl groups excluding tert-OH is 2. The van der Waals surface area contributed by atoms with Crippen LogP contribution in [0.4, 0.5) is 0 Å². The Bertz CT molecular complexity index is 1240. The Morgan fingerprint density at radius 2 is 0.770 bits per heavy atom. The van der Waals surface area contributed by atoms with Crippen LogP contribution in [-0.2, 0) is 32.7 Å². The minimum atomic E-state index is -4.65. The fraction of sp³-hybridized carbons (Fsp3) is 0.720. The summed E-state index contributed by atoms with van der Waals surface area (Å²) in [5.41, 5.74) is 0. The molecule has 352 valence electrons.